The maximum absolute atomic E-state index is 12.3. The van der Waals surface area contributed by atoms with Crippen molar-refractivity contribution in [1.82, 2.24) is 10.6 Å². The second-order valence-corrected chi connectivity index (χ2v) is 7.32. The molecule has 3 nitrogen and oxygen atoms in total. The zero-order valence-electron chi connectivity index (χ0n) is 11.9. The lowest BCUT2D eigenvalue weighted by Crippen LogP contribution is -2.51. The van der Waals surface area contributed by atoms with Gasteiger partial charge in [-0.1, -0.05) is 20.8 Å². The Bertz CT molecular complexity index is 360. The van der Waals surface area contributed by atoms with Gasteiger partial charge in [0.1, 0.15) is 0 Å². The van der Waals surface area contributed by atoms with Crippen LogP contribution in [-0.4, -0.2) is 24.5 Å². The standard InChI is InChI=1S/C15H26N2O/c1-14(2)10-6-7-15(14,3)12(9-10)17-13(18)11-5-4-8-16-11/h10-12,16H,4-9H2,1-3H3,(H,17,18). The zero-order chi connectivity index (χ0) is 13.0. The van der Waals surface area contributed by atoms with Crippen LogP contribution >= 0.6 is 0 Å². The van der Waals surface area contributed by atoms with Crippen molar-refractivity contribution < 1.29 is 4.79 Å². The first-order valence-electron chi connectivity index (χ1n) is 7.49. The molecule has 0 spiro atoms. The monoisotopic (exact) mass is 250 g/mol. The summed E-state index contributed by atoms with van der Waals surface area (Å²) < 4.78 is 0. The van der Waals surface area contributed by atoms with Gasteiger partial charge in [0.05, 0.1) is 6.04 Å². The van der Waals surface area contributed by atoms with Crippen LogP contribution in [0.5, 0.6) is 0 Å². The Morgan fingerprint density at radius 1 is 1.28 bits per heavy atom. The van der Waals surface area contributed by atoms with Crippen LogP contribution in [-0.2, 0) is 4.79 Å². The van der Waals surface area contributed by atoms with Crippen LogP contribution < -0.4 is 10.6 Å². The van der Waals surface area contributed by atoms with E-state index in [0.717, 1.165) is 25.3 Å². The molecule has 0 radical (unpaired) electrons. The van der Waals surface area contributed by atoms with Crippen LogP contribution in [0.2, 0.25) is 0 Å². The summed E-state index contributed by atoms with van der Waals surface area (Å²) in [6, 6.07) is 0.456. The summed E-state index contributed by atoms with van der Waals surface area (Å²) in [5, 5.41) is 6.64. The number of amides is 1. The fourth-order valence-electron chi connectivity index (χ4n) is 4.60. The topological polar surface area (TPSA) is 41.1 Å². The summed E-state index contributed by atoms with van der Waals surface area (Å²) in [4.78, 5) is 12.3. The minimum absolute atomic E-state index is 0.0656. The predicted molar refractivity (Wildman–Crippen MR) is 72.2 cm³/mol. The number of hydrogen-bond donors (Lipinski definition) is 2. The van der Waals surface area contributed by atoms with Gasteiger partial charge in [0.25, 0.3) is 0 Å². The number of hydrogen-bond acceptors (Lipinski definition) is 2. The van der Waals surface area contributed by atoms with Gasteiger partial charge in [0, 0.05) is 6.04 Å². The molecule has 2 saturated carbocycles. The number of nitrogens with one attached hydrogen (secondary N) is 2. The maximum Gasteiger partial charge on any atom is 0.237 e. The lowest BCUT2D eigenvalue weighted by atomic mass is 9.69. The summed E-state index contributed by atoms with van der Waals surface area (Å²) in [5.41, 5.74) is 0.681. The normalized spacial score (nSPS) is 45.4. The van der Waals surface area contributed by atoms with E-state index in [9.17, 15) is 4.79 Å². The Balaban J connectivity index is 1.70. The molecule has 4 atom stereocenters. The second kappa shape index (κ2) is 3.96. The minimum atomic E-state index is 0.0656. The summed E-state index contributed by atoms with van der Waals surface area (Å²) in [6.45, 7) is 8.16. The van der Waals surface area contributed by atoms with Crippen molar-refractivity contribution in [2.24, 2.45) is 16.7 Å². The number of fused-ring (bicyclic) bond motifs is 2. The molecule has 1 amide bonds. The smallest absolute Gasteiger partial charge is 0.237 e. The van der Waals surface area contributed by atoms with Crippen molar-refractivity contribution in [1.29, 1.82) is 0 Å². The Hall–Kier alpha value is -0.570. The molecule has 3 heteroatoms. The highest BCUT2D eigenvalue weighted by Gasteiger charge is 2.61. The van der Waals surface area contributed by atoms with Gasteiger partial charge < -0.3 is 10.6 Å². The highest BCUT2D eigenvalue weighted by Crippen LogP contribution is 2.65. The first-order valence-corrected chi connectivity index (χ1v) is 7.49. The van der Waals surface area contributed by atoms with Crippen molar-refractivity contribution in [3.63, 3.8) is 0 Å². The molecule has 3 aliphatic rings. The van der Waals surface area contributed by atoms with E-state index in [1.165, 1.54) is 19.3 Å². The van der Waals surface area contributed by atoms with Gasteiger partial charge in [-0.15, -0.1) is 0 Å². The molecular weight excluding hydrogens is 224 g/mol. The first kappa shape index (κ1) is 12.5. The van der Waals surface area contributed by atoms with Crippen molar-refractivity contribution in [2.45, 2.75) is 65.0 Å². The molecule has 1 heterocycles. The van der Waals surface area contributed by atoms with E-state index in [1.54, 1.807) is 0 Å². The molecule has 3 fully saturated rings. The largest absolute Gasteiger partial charge is 0.351 e. The summed E-state index contributed by atoms with van der Waals surface area (Å²) >= 11 is 0. The fraction of sp³-hybridized carbons (Fsp3) is 0.933. The molecule has 0 aromatic heterocycles. The molecule has 2 aliphatic carbocycles. The highest BCUT2D eigenvalue weighted by atomic mass is 16.2. The number of carbonyl (C=O) groups excluding carboxylic acids is 1. The number of rotatable bonds is 2. The molecule has 3 rings (SSSR count). The van der Waals surface area contributed by atoms with E-state index < -0.39 is 0 Å². The van der Waals surface area contributed by atoms with E-state index in [-0.39, 0.29) is 11.9 Å². The third-order valence-corrected chi connectivity index (χ3v) is 6.49. The quantitative estimate of drug-likeness (QED) is 0.788. The molecule has 1 aliphatic heterocycles. The molecule has 18 heavy (non-hydrogen) atoms. The van der Waals surface area contributed by atoms with Crippen molar-refractivity contribution >= 4 is 5.91 Å². The minimum Gasteiger partial charge on any atom is -0.351 e. The third kappa shape index (κ3) is 1.56. The molecule has 2 N–H and O–H groups in total. The molecule has 1 saturated heterocycles. The molecule has 102 valence electrons. The first-order chi connectivity index (χ1) is 8.45. The van der Waals surface area contributed by atoms with E-state index >= 15 is 0 Å². The lowest BCUT2D eigenvalue weighted by Gasteiger charge is -2.39. The average Bonchev–Trinajstić information content (AvgIpc) is 2.95. The summed E-state index contributed by atoms with van der Waals surface area (Å²) in [6.07, 6.45) is 5.93. The zero-order valence-corrected chi connectivity index (χ0v) is 11.9. The summed E-state index contributed by atoms with van der Waals surface area (Å²) in [5.74, 6) is 1.03. The molecule has 2 bridgehead atoms. The van der Waals surface area contributed by atoms with E-state index in [1.807, 2.05) is 0 Å². The van der Waals surface area contributed by atoms with Crippen LogP contribution in [0.25, 0.3) is 0 Å². The van der Waals surface area contributed by atoms with Crippen LogP contribution in [0.1, 0.15) is 52.9 Å². The molecular formula is C15H26N2O. The van der Waals surface area contributed by atoms with Gasteiger partial charge in [0.2, 0.25) is 5.91 Å². The lowest BCUT2D eigenvalue weighted by molar-refractivity contribution is -0.124. The SMILES string of the molecule is CC1(C)C2CCC1(C)C(NC(=O)C1CCCN1)C2. The van der Waals surface area contributed by atoms with Gasteiger partial charge >= 0.3 is 0 Å². The third-order valence-electron chi connectivity index (χ3n) is 6.49. The van der Waals surface area contributed by atoms with Gasteiger partial charge in [-0.3, -0.25) is 4.79 Å². The van der Waals surface area contributed by atoms with Crippen LogP contribution in [0.15, 0.2) is 0 Å². The van der Waals surface area contributed by atoms with Crippen molar-refractivity contribution in [2.75, 3.05) is 6.54 Å². The van der Waals surface area contributed by atoms with Crippen molar-refractivity contribution in [3.05, 3.63) is 0 Å². The Kier molecular flexibility index (Phi) is 2.74. The second-order valence-electron chi connectivity index (χ2n) is 7.32. The summed E-state index contributed by atoms with van der Waals surface area (Å²) in [7, 11) is 0. The van der Waals surface area contributed by atoms with Gasteiger partial charge in [-0.25, -0.2) is 0 Å². The van der Waals surface area contributed by atoms with Crippen LogP contribution in [0.4, 0.5) is 0 Å². The average molecular weight is 250 g/mol. The Labute approximate surface area is 110 Å². The molecule has 0 aromatic rings. The predicted octanol–water partition coefficient (Wildman–Crippen LogP) is 2.07. The van der Waals surface area contributed by atoms with Gasteiger partial charge in [0.15, 0.2) is 0 Å². The molecule has 4 unspecified atom stereocenters. The van der Waals surface area contributed by atoms with E-state index in [4.69, 9.17) is 0 Å². The van der Waals surface area contributed by atoms with E-state index in [0.29, 0.717) is 16.9 Å². The van der Waals surface area contributed by atoms with Crippen LogP contribution in [0.3, 0.4) is 0 Å². The fourth-order valence-corrected chi connectivity index (χ4v) is 4.60. The van der Waals surface area contributed by atoms with Gasteiger partial charge in [-0.2, -0.15) is 0 Å². The molecule has 0 aromatic carbocycles. The Morgan fingerprint density at radius 2 is 2.06 bits per heavy atom. The number of carbonyl (C=O) groups is 1. The highest BCUT2D eigenvalue weighted by molar-refractivity contribution is 5.82. The van der Waals surface area contributed by atoms with Gasteiger partial charge in [-0.05, 0) is 55.4 Å². The maximum atomic E-state index is 12.3. The van der Waals surface area contributed by atoms with Crippen molar-refractivity contribution in [3.8, 4) is 0 Å². The van der Waals surface area contributed by atoms with E-state index in [2.05, 4.69) is 31.4 Å². The van der Waals surface area contributed by atoms with Crippen LogP contribution in [0, 0.1) is 16.7 Å². The Morgan fingerprint density at radius 3 is 2.56 bits per heavy atom.